The van der Waals surface area contributed by atoms with Gasteiger partial charge in [-0.2, -0.15) is 0 Å². The summed E-state index contributed by atoms with van der Waals surface area (Å²) < 4.78 is 0. The molecule has 0 nitrogen and oxygen atoms in total. The van der Waals surface area contributed by atoms with E-state index in [1.807, 2.05) is 0 Å². The minimum atomic E-state index is 0.193. The first kappa shape index (κ1) is 30.5. The molecule has 208 valence electrons. The van der Waals surface area contributed by atoms with E-state index in [1.165, 1.54) is 80.1 Å². The van der Waals surface area contributed by atoms with Crippen LogP contribution in [-0.2, 0) is 11.8 Å². The van der Waals surface area contributed by atoms with E-state index in [1.54, 1.807) is 5.57 Å². The Kier molecular flexibility index (Phi) is 11.9. The molecule has 0 aliphatic heterocycles. The molecule has 1 saturated carbocycles. The van der Waals surface area contributed by atoms with Crippen molar-refractivity contribution in [2.45, 2.75) is 117 Å². The van der Waals surface area contributed by atoms with Crippen LogP contribution in [0.3, 0.4) is 0 Å². The summed E-state index contributed by atoms with van der Waals surface area (Å²) in [7, 11) is 0. The molecule has 4 unspecified atom stereocenters. The van der Waals surface area contributed by atoms with Gasteiger partial charge in [-0.05, 0) is 85.2 Å². The van der Waals surface area contributed by atoms with Gasteiger partial charge >= 0.3 is 0 Å². The Hall–Kier alpha value is -2.08. The number of hydrogen-bond donors (Lipinski definition) is 0. The van der Waals surface area contributed by atoms with Crippen LogP contribution in [-0.4, -0.2) is 0 Å². The molecule has 0 heterocycles. The molecule has 0 heteroatoms. The Bertz CT molecular complexity index is 978. The highest BCUT2D eigenvalue weighted by molar-refractivity contribution is 5.32. The van der Waals surface area contributed by atoms with Crippen molar-refractivity contribution in [1.29, 1.82) is 0 Å². The molecule has 0 radical (unpaired) electrons. The summed E-state index contributed by atoms with van der Waals surface area (Å²) in [4.78, 5) is 0. The van der Waals surface area contributed by atoms with Crippen LogP contribution in [0.25, 0.3) is 0 Å². The van der Waals surface area contributed by atoms with Gasteiger partial charge in [-0.3, -0.25) is 0 Å². The average molecular weight is 513 g/mol. The molecule has 1 fully saturated rings. The van der Waals surface area contributed by atoms with Gasteiger partial charge in [-0.15, -0.1) is 6.58 Å². The summed E-state index contributed by atoms with van der Waals surface area (Å²) in [5.41, 5.74) is 7.05. The summed E-state index contributed by atoms with van der Waals surface area (Å²) in [6.07, 6.45) is 26.3. The topological polar surface area (TPSA) is 0 Å². The Balaban J connectivity index is 1.37. The van der Waals surface area contributed by atoms with E-state index in [9.17, 15) is 0 Å². The lowest BCUT2D eigenvalue weighted by Crippen LogP contribution is -2.11. The highest BCUT2D eigenvalue weighted by Gasteiger charge is 2.21. The zero-order valence-corrected chi connectivity index (χ0v) is 25.2. The Labute approximate surface area is 236 Å². The fourth-order valence-corrected chi connectivity index (χ4v) is 6.27. The van der Waals surface area contributed by atoms with E-state index in [0.29, 0.717) is 11.8 Å². The quantitative estimate of drug-likeness (QED) is 0.140. The predicted octanol–water partition coefficient (Wildman–Crippen LogP) is 11.5. The first-order chi connectivity index (χ1) is 18.1. The van der Waals surface area contributed by atoms with Crippen molar-refractivity contribution in [2.75, 3.05) is 0 Å². The van der Waals surface area contributed by atoms with Crippen LogP contribution in [0.5, 0.6) is 0 Å². The van der Waals surface area contributed by atoms with E-state index < -0.39 is 0 Å². The Morgan fingerprint density at radius 1 is 1.05 bits per heavy atom. The van der Waals surface area contributed by atoms with Gasteiger partial charge < -0.3 is 0 Å². The molecule has 0 N–H and O–H groups in total. The summed E-state index contributed by atoms with van der Waals surface area (Å²) in [5, 5.41) is 0. The maximum atomic E-state index is 4.42. The van der Waals surface area contributed by atoms with Gasteiger partial charge in [0.1, 0.15) is 0 Å². The van der Waals surface area contributed by atoms with Gasteiger partial charge in [0, 0.05) is 0 Å². The standard InChI is InChI=1S/C38H56/c1-8-29(2)12-9-13-32-14-10-15-33(21-20-32)27-36-24-22-35(23-25-36)26-31(4)30(3)18-19-34-16-11-17-37(28-34)38(5,6)7/h8,11,16-17,22,24-25,28-29,32-33,35H,1,3-4,9-10,12-15,18-21,23,26-27H2,2,5-7H3. The summed E-state index contributed by atoms with van der Waals surface area (Å²) in [6, 6.07) is 9.06. The van der Waals surface area contributed by atoms with Crippen molar-refractivity contribution in [2.24, 2.45) is 23.7 Å². The molecular weight excluding hydrogens is 456 g/mol. The summed E-state index contributed by atoms with van der Waals surface area (Å²) >= 11 is 0. The highest BCUT2D eigenvalue weighted by Crippen LogP contribution is 2.36. The van der Waals surface area contributed by atoms with Gasteiger partial charge in [0.2, 0.25) is 0 Å². The third kappa shape index (κ3) is 10.2. The molecule has 38 heavy (non-hydrogen) atoms. The first-order valence-corrected chi connectivity index (χ1v) is 15.6. The van der Waals surface area contributed by atoms with Crippen LogP contribution in [0.15, 0.2) is 85.0 Å². The number of aryl methyl sites for hydroxylation is 1. The van der Waals surface area contributed by atoms with Gasteiger partial charge in [0.25, 0.3) is 0 Å². The lowest BCUT2D eigenvalue weighted by Gasteiger charge is -2.21. The van der Waals surface area contributed by atoms with Gasteiger partial charge in [0.05, 0.1) is 0 Å². The molecule has 0 amide bonds. The fourth-order valence-electron chi connectivity index (χ4n) is 6.27. The molecule has 2 aliphatic carbocycles. The fraction of sp³-hybridized carbons (Fsp3) is 0.579. The molecule has 0 spiro atoms. The van der Waals surface area contributed by atoms with E-state index in [2.05, 4.69) is 96.0 Å². The highest BCUT2D eigenvalue weighted by atomic mass is 14.3. The molecule has 0 saturated heterocycles. The molecule has 0 aromatic heterocycles. The Morgan fingerprint density at radius 2 is 1.82 bits per heavy atom. The monoisotopic (exact) mass is 512 g/mol. The van der Waals surface area contributed by atoms with Crippen molar-refractivity contribution >= 4 is 0 Å². The minimum absolute atomic E-state index is 0.193. The number of hydrogen-bond acceptors (Lipinski definition) is 0. The van der Waals surface area contributed by atoms with Crippen molar-refractivity contribution in [3.05, 3.63) is 96.2 Å². The second-order valence-electron chi connectivity index (χ2n) is 13.6. The molecule has 1 aromatic rings. The summed E-state index contributed by atoms with van der Waals surface area (Å²) in [5.74, 6) is 3.09. The van der Waals surface area contributed by atoms with Crippen LogP contribution in [0, 0.1) is 23.7 Å². The normalized spacial score (nSPS) is 22.8. The lowest BCUT2D eigenvalue weighted by molar-refractivity contribution is 0.388. The van der Waals surface area contributed by atoms with E-state index in [-0.39, 0.29) is 5.41 Å². The maximum Gasteiger partial charge on any atom is -0.0132 e. The largest absolute Gasteiger partial charge is 0.103 e. The molecule has 0 bridgehead atoms. The van der Waals surface area contributed by atoms with Crippen LogP contribution in [0.1, 0.15) is 116 Å². The first-order valence-electron chi connectivity index (χ1n) is 15.6. The van der Waals surface area contributed by atoms with Gasteiger partial charge in [0.15, 0.2) is 0 Å². The lowest BCUT2D eigenvalue weighted by atomic mass is 9.84. The third-order valence-electron chi connectivity index (χ3n) is 9.19. The van der Waals surface area contributed by atoms with Gasteiger partial charge in [-0.25, -0.2) is 0 Å². The van der Waals surface area contributed by atoms with Crippen molar-refractivity contribution in [3.8, 4) is 0 Å². The van der Waals surface area contributed by atoms with Crippen LogP contribution in [0.4, 0.5) is 0 Å². The number of benzene rings is 1. The maximum absolute atomic E-state index is 4.42. The SMILES string of the molecule is C=CC(C)CCCC1CCCC(CC2=CCC(CC(=C)C(=C)CCc3cccc(C(C)(C)C)c3)C=C2)CC1. The smallest absolute Gasteiger partial charge is 0.0132 e. The molecule has 4 atom stereocenters. The molecule has 1 aromatic carbocycles. The van der Waals surface area contributed by atoms with Gasteiger partial charge in [-0.1, -0.05) is 145 Å². The van der Waals surface area contributed by atoms with Crippen molar-refractivity contribution < 1.29 is 0 Å². The van der Waals surface area contributed by atoms with Crippen LogP contribution >= 0.6 is 0 Å². The van der Waals surface area contributed by atoms with E-state index in [4.69, 9.17) is 0 Å². The molecule has 3 rings (SSSR count). The number of rotatable bonds is 13. The minimum Gasteiger partial charge on any atom is -0.103 e. The predicted molar refractivity (Wildman–Crippen MR) is 170 cm³/mol. The second-order valence-corrected chi connectivity index (χ2v) is 13.6. The zero-order valence-electron chi connectivity index (χ0n) is 25.2. The average Bonchev–Trinajstić information content (AvgIpc) is 3.12. The molecular formula is C38H56. The third-order valence-corrected chi connectivity index (χ3v) is 9.19. The van der Waals surface area contributed by atoms with Crippen molar-refractivity contribution in [3.63, 3.8) is 0 Å². The summed E-state index contributed by atoms with van der Waals surface area (Å²) in [6.45, 7) is 21.9. The van der Waals surface area contributed by atoms with E-state index in [0.717, 1.165) is 37.5 Å². The van der Waals surface area contributed by atoms with E-state index >= 15 is 0 Å². The van der Waals surface area contributed by atoms with Crippen molar-refractivity contribution in [1.82, 2.24) is 0 Å². The molecule has 2 aliphatic rings. The zero-order chi connectivity index (χ0) is 27.5. The number of allylic oxidation sites excluding steroid dienone is 7. The van der Waals surface area contributed by atoms with Crippen LogP contribution < -0.4 is 0 Å². The van der Waals surface area contributed by atoms with Crippen LogP contribution in [0.2, 0.25) is 0 Å². The Morgan fingerprint density at radius 3 is 2.53 bits per heavy atom. The second kappa shape index (κ2) is 14.9.